The van der Waals surface area contributed by atoms with Gasteiger partial charge in [0.1, 0.15) is 23.4 Å². The van der Waals surface area contributed by atoms with Crippen LogP contribution in [0.4, 0.5) is 13.2 Å². The zero-order valence-electron chi connectivity index (χ0n) is 30.8. The Morgan fingerprint density at radius 3 is 2.42 bits per heavy atom. The number of likely N-dealkylation sites (tertiary alicyclic amines) is 2. The number of carboxylic acids is 1. The van der Waals surface area contributed by atoms with Gasteiger partial charge in [0.05, 0.1) is 24.3 Å². The molecule has 2 atom stereocenters. The van der Waals surface area contributed by atoms with E-state index in [0.29, 0.717) is 55.0 Å². The number of nitriles is 1. The zero-order chi connectivity index (χ0) is 39.0. The maximum atomic E-state index is 14.5. The van der Waals surface area contributed by atoms with Gasteiger partial charge in [-0.05, 0) is 109 Å². The van der Waals surface area contributed by atoms with Crippen molar-refractivity contribution in [3.8, 4) is 34.4 Å². The maximum absolute atomic E-state index is 14.5. The molecule has 2 aliphatic heterocycles. The van der Waals surface area contributed by atoms with E-state index >= 15 is 0 Å². The third kappa shape index (κ3) is 7.73. The van der Waals surface area contributed by atoms with Gasteiger partial charge in [-0.1, -0.05) is 42.5 Å². The maximum Gasteiger partial charge on any atom is 0.417 e. The fraction of sp³-hybridized carbons (Fsp3) is 0.326. The van der Waals surface area contributed by atoms with Crippen molar-refractivity contribution >= 4 is 29.2 Å². The Balaban J connectivity index is 1.20. The molecule has 2 fully saturated rings. The third-order valence-electron chi connectivity index (χ3n) is 10.8. The molecule has 0 unspecified atom stereocenters. The number of carbonyl (C=O) groups is 1. The molecule has 284 valence electrons. The predicted molar refractivity (Wildman–Crippen MR) is 203 cm³/mol. The average Bonchev–Trinajstić information content (AvgIpc) is 3.91. The first kappa shape index (κ1) is 37.8. The molecule has 2 saturated heterocycles. The highest BCUT2D eigenvalue weighted by Gasteiger charge is 2.36. The Hall–Kier alpha value is -5.48. The van der Waals surface area contributed by atoms with E-state index < -0.39 is 23.8 Å². The van der Waals surface area contributed by atoms with Crippen LogP contribution in [0.15, 0.2) is 65.1 Å². The van der Waals surface area contributed by atoms with E-state index in [-0.39, 0.29) is 29.5 Å². The number of oxazole rings is 1. The van der Waals surface area contributed by atoms with E-state index in [4.69, 9.17) is 14.1 Å². The first-order chi connectivity index (χ1) is 26.3. The van der Waals surface area contributed by atoms with Crippen molar-refractivity contribution in [2.24, 2.45) is 0 Å². The fourth-order valence-electron chi connectivity index (χ4n) is 7.91. The second-order valence-corrected chi connectivity index (χ2v) is 14.3. The van der Waals surface area contributed by atoms with Gasteiger partial charge in [0.15, 0.2) is 5.58 Å². The topological polar surface area (TPSA) is 123 Å². The van der Waals surface area contributed by atoms with E-state index in [1.807, 2.05) is 56.3 Å². The molecule has 1 aromatic heterocycles. The van der Waals surface area contributed by atoms with Gasteiger partial charge >= 0.3 is 12.1 Å². The number of nitrogens with zero attached hydrogens (tertiary/aromatic N) is 4. The number of hydrogen-bond acceptors (Lipinski definition) is 8. The highest BCUT2D eigenvalue weighted by Crippen LogP contribution is 2.39. The number of aliphatic hydroxyl groups excluding tert-OH is 1. The fourth-order valence-corrected chi connectivity index (χ4v) is 7.91. The summed E-state index contributed by atoms with van der Waals surface area (Å²) in [4.78, 5) is 20.4. The van der Waals surface area contributed by atoms with Crippen molar-refractivity contribution in [3.63, 3.8) is 0 Å². The molecule has 5 aromatic rings. The molecule has 0 aliphatic carbocycles. The number of ether oxygens (including phenoxy) is 1. The molecular weight excluding hydrogens is 709 g/mol. The van der Waals surface area contributed by atoms with Gasteiger partial charge < -0.3 is 19.4 Å². The number of benzene rings is 4. The molecule has 4 aromatic carbocycles. The number of carboxylic acid groups (broad SMARTS) is 1. The summed E-state index contributed by atoms with van der Waals surface area (Å²) in [6.45, 7) is 6.34. The molecule has 12 heteroatoms. The molecule has 55 heavy (non-hydrogen) atoms. The van der Waals surface area contributed by atoms with E-state index in [9.17, 15) is 33.4 Å². The van der Waals surface area contributed by atoms with Crippen molar-refractivity contribution in [3.05, 3.63) is 105 Å². The van der Waals surface area contributed by atoms with Crippen LogP contribution in [-0.4, -0.2) is 69.9 Å². The average molecular weight is 751 g/mol. The Morgan fingerprint density at radius 1 is 1.00 bits per heavy atom. The van der Waals surface area contributed by atoms with E-state index in [1.54, 1.807) is 17.0 Å². The van der Waals surface area contributed by atoms with Crippen molar-refractivity contribution in [1.82, 2.24) is 14.8 Å². The molecule has 0 amide bonds. The normalized spacial score (nSPS) is 18.1. The van der Waals surface area contributed by atoms with E-state index in [2.05, 4.69) is 11.0 Å². The monoisotopic (exact) mass is 750 g/mol. The Labute approximate surface area is 316 Å². The highest BCUT2D eigenvalue weighted by molar-refractivity contribution is 5.86. The number of aliphatic hydroxyl groups is 1. The summed E-state index contributed by atoms with van der Waals surface area (Å²) in [7, 11) is 1.39. The standard InChI is InChI=1S/C43H41F3N4O5/c1-25-28(12-13-29-20-39(54-3)31(19-36(29)43(44,45)46)23-50-15-6-11-38(50)42(52)53)7-4-8-33(25)34-9-5-10-35(26(34)2)41-48-37-18-27(17-30(21-47)40(37)55-41)22-49-16-14-32(51)24-49/h4-5,7-10,12-13,17-20,32,38,51H,6,11,14-16,22-24H2,1-3H3,(H,52,53)/b13-12+/t32-,38+/m1/s1. The molecule has 9 nitrogen and oxygen atoms in total. The number of hydrogen-bond donors (Lipinski definition) is 2. The molecule has 7 rings (SSSR count). The van der Waals surface area contributed by atoms with Crippen molar-refractivity contribution < 1.29 is 37.3 Å². The van der Waals surface area contributed by atoms with Crippen LogP contribution in [-0.2, 0) is 24.1 Å². The van der Waals surface area contributed by atoms with Gasteiger partial charge in [-0.25, -0.2) is 4.98 Å². The number of aromatic nitrogens is 1. The third-order valence-corrected chi connectivity index (χ3v) is 10.8. The first-order valence-electron chi connectivity index (χ1n) is 18.2. The lowest BCUT2D eigenvalue weighted by Gasteiger charge is -2.23. The lowest BCUT2D eigenvalue weighted by atomic mass is 9.91. The summed E-state index contributed by atoms with van der Waals surface area (Å²) < 4.78 is 55.2. The summed E-state index contributed by atoms with van der Waals surface area (Å²) in [6.07, 6.45) is -0.0966. The van der Waals surface area contributed by atoms with Crippen LogP contribution in [0.1, 0.15) is 63.8 Å². The van der Waals surface area contributed by atoms with Crippen LogP contribution in [0.5, 0.6) is 5.75 Å². The van der Waals surface area contributed by atoms with Crippen LogP contribution in [0, 0.1) is 25.2 Å². The summed E-state index contributed by atoms with van der Waals surface area (Å²) in [6, 6.07) is 19.1. The molecular formula is C43H41F3N4O5. The van der Waals surface area contributed by atoms with E-state index in [1.165, 1.54) is 19.3 Å². The van der Waals surface area contributed by atoms with Crippen LogP contribution >= 0.6 is 0 Å². The van der Waals surface area contributed by atoms with Gasteiger partial charge in [0.2, 0.25) is 5.89 Å². The SMILES string of the molecule is COc1cc(/C=C/c2cccc(-c3cccc(-c4nc5cc(CN6CC[C@@H](O)C6)cc(C#N)c5o4)c3C)c2C)c(C(F)(F)F)cc1CN1CCC[C@H]1C(=O)O. The second-order valence-electron chi connectivity index (χ2n) is 14.3. The van der Waals surface area contributed by atoms with Gasteiger partial charge in [0, 0.05) is 37.3 Å². The lowest BCUT2D eigenvalue weighted by Crippen LogP contribution is -2.35. The van der Waals surface area contributed by atoms with Crippen LogP contribution < -0.4 is 4.74 Å². The predicted octanol–water partition coefficient (Wildman–Crippen LogP) is 8.46. The number of alkyl halides is 3. The van der Waals surface area contributed by atoms with Crippen LogP contribution in [0.25, 0.3) is 45.8 Å². The number of aliphatic carboxylic acids is 1. The minimum Gasteiger partial charge on any atom is -0.496 e. The molecule has 0 saturated carbocycles. The molecule has 0 spiro atoms. The van der Waals surface area contributed by atoms with Crippen molar-refractivity contribution in [2.45, 2.75) is 64.5 Å². The van der Waals surface area contributed by atoms with Gasteiger partial charge in [-0.2, -0.15) is 18.4 Å². The first-order valence-corrected chi connectivity index (χ1v) is 18.2. The number of rotatable bonds is 10. The van der Waals surface area contributed by atoms with Crippen LogP contribution in [0.2, 0.25) is 0 Å². The van der Waals surface area contributed by atoms with Crippen molar-refractivity contribution in [2.75, 3.05) is 26.7 Å². The molecule has 0 bridgehead atoms. The Morgan fingerprint density at radius 2 is 1.73 bits per heavy atom. The minimum absolute atomic E-state index is 0.0291. The molecule has 3 heterocycles. The molecule has 2 N–H and O–H groups in total. The summed E-state index contributed by atoms with van der Waals surface area (Å²) >= 11 is 0. The molecule has 0 radical (unpaired) electrons. The number of methoxy groups -OCH3 is 1. The number of fused-ring (bicyclic) bond motifs is 1. The summed E-state index contributed by atoms with van der Waals surface area (Å²) in [5.74, 6) is -0.365. The number of halogens is 3. The Kier molecular flexibility index (Phi) is 10.5. The quantitative estimate of drug-likeness (QED) is 0.135. The van der Waals surface area contributed by atoms with E-state index in [0.717, 1.165) is 58.0 Å². The van der Waals surface area contributed by atoms with Crippen molar-refractivity contribution in [1.29, 1.82) is 5.26 Å². The largest absolute Gasteiger partial charge is 0.496 e. The summed E-state index contributed by atoms with van der Waals surface area (Å²) in [5, 5.41) is 29.5. The lowest BCUT2D eigenvalue weighted by molar-refractivity contribution is -0.142. The minimum atomic E-state index is -4.66. The van der Waals surface area contributed by atoms with Gasteiger partial charge in [-0.15, -0.1) is 0 Å². The van der Waals surface area contributed by atoms with Gasteiger partial charge in [-0.3, -0.25) is 14.6 Å². The van der Waals surface area contributed by atoms with Gasteiger partial charge in [0.25, 0.3) is 0 Å². The summed E-state index contributed by atoms with van der Waals surface area (Å²) in [5.41, 5.74) is 6.62. The highest BCUT2D eigenvalue weighted by atomic mass is 19.4. The Bertz CT molecular complexity index is 2340. The van der Waals surface area contributed by atoms with Crippen LogP contribution in [0.3, 0.4) is 0 Å². The number of β-amino-alcohol motifs (C(OH)–C–C–N with tert-alkyl or cyclic N) is 1. The smallest absolute Gasteiger partial charge is 0.417 e. The zero-order valence-corrected chi connectivity index (χ0v) is 30.8. The molecule has 2 aliphatic rings. The second kappa shape index (κ2) is 15.3.